The van der Waals surface area contributed by atoms with Crippen molar-refractivity contribution in [3.05, 3.63) is 52.7 Å². The smallest absolute Gasteiger partial charge is 0.354 e. The van der Waals surface area contributed by atoms with Crippen LogP contribution in [0.15, 0.2) is 36.4 Å². The summed E-state index contributed by atoms with van der Waals surface area (Å²) < 4.78 is 0. The summed E-state index contributed by atoms with van der Waals surface area (Å²) in [7, 11) is 0. The zero-order valence-corrected chi connectivity index (χ0v) is 11.4. The third-order valence-electron chi connectivity index (χ3n) is 2.60. The van der Waals surface area contributed by atoms with Crippen LogP contribution in [-0.4, -0.2) is 21.8 Å². The van der Waals surface area contributed by atoms with Gasteiger partial charge in [0.05, 0.1) is 10.6 Å². The molecule has 0 aliphatic rings. The van der Waals surface area contributed by atoms with Gasteiger partial charge >= 0.3 is 5.97 Å². The van der Waals surface area contributed by atoms with Gasteiger partial charge in [-0.2, -0.15) is 0 Å². The zero-order chi connectivity index (χ0) is 14.7. The van der Waals surface area contributed by atoms with Gasteiger partial charge in [0.1, 0.15) is 5.82 Å². The fourth-order valence-electron chi connectivity index (χ4n) is 1.73. The molecule has 0 saturated heterocycles. The molecule has 0 spiro atoms. The normalized spacial score (nSPS) is 10.1. The predicted octanol–water partition coefficient (Wildman–Crippen LogP) is 3.56. The molecule has 2 rings (SSSR count). The van der Waals surface area contributed by atoms with E-state index in [0.717, 1.165) is 5.69 Å². The van der Waals surface area contributed by atoms with E-state index in [1.807, 2.05) is 30.3 Å². The number of hydrogen-bond donors (Lipinski definition) is 3. The maximum atomic E-state index is 11.0. The largest absolute Gasteiger partial charge is 0.477 e. The second-order valence-electron chi connectivity index (χ2n) is 4.13. The van der Waals surface area contributed by atoms with E-state index in [2.05, 4.69) is 10.3 Å². The van der Waals surface area contributed by atoms with Gasteiger partial charge in [-0.05, 0) is 25.1 Å². The first kappa shape index (κ1) is 14.0. The summed E-state index contributed by atoms with van der Waals surface area (Å²) in [6, 6.07) is 10.4. The number of carboxylic acid groups (broad SMARTS) is 1. The molecule has 0 radical (unpaired) electrons. The number of nitrogens with zero attached hydrogens (tertiary/aromatic N) is 1. The number of pyridine rings is 1. The van der Waals surface area contributed by atoms with Gasteiger partial charge < -0.3 is 15.8 Å². The number of rotatable bonds is 4. The van der Waals surface area contributed by atoms with Crippen molar-refractivity contribution in [1.82, 2.24) is 4.98 Å². The molecule has 20 heavy (non-hydrogen) atoms. The van der Waals surface area contributed by atoms with Gasteiger partial charge in [0.15, 0.2) is 5.69 Å². The van der Waals surface area contributed by atoms with E-state index in [0.29, 0.717) is 5.56 Å². The first-order chi connectivity index (χ1) is 9.49. The van der Waals surface area contributed by atoms with Crippen LogP contribution in [-0.2, 0) is 0 Å². The minimum absolute atomic E-state index is 0.168. The van der Waals surface area contributed by atoms with Gasteiger partial charge in [0, 0.05) is 11.4 Å². The first-order valence-corrected chi connectivity index (χ1v) is 6.18. The maximum Gasteiger partial charge on any atom is 0.354 e. The number of hydrogen-bond acceptors (Lipinski definition) is 4. The van der Waals surface area contributed by atoms with Crippen LogP contribution in [0, 0.1) is 5.41 Å². The van der Waals surface area contributed by atoms with Gasteiger partial charge in [0.25, 0.3) is 0 Å². The lowest BCUT2D eigenvalue weighted by Crippen LogP contribution is -2.09. The summed E-state index contributed by atoms with van der Waals surface area (Å²) in [5.74, 6) is -0.911. The van der Waals surface area contributed by atoms with Crippen molar-refractivity contribution < 1.29 is 9.90 Å². The predicted molar refractivity (Wildman–Crippen MR) is 78.4 cm³/mol. The molecule has 102 valence electrons. The third-order valence-corrected chi connectivity index (χ3v) is 2.90. The molecular formula is C14H12ClN3O2. The molecule has 6 heteroatoms. The molecule has 0 aliphatic heterocycles. The van der Waals surface area contributed by atoms with Gasteiger partial charge in [0.2, 0.25) is 0 Å². The van der Waals surface area contributed by atoms with E-state index in [4.69, 9.17) is 22.1 Å². The minimum Gasteiger partial charge on any atom is -0.477 e. The molecule has 1 aromatic heterocycles. The fourth-order valence-corrected chi connectivity index (χ4v) is 2.06. The molecule has 0 atom stereocenters. The highest BCUT2D eigenvalue weighted by Gasteiger charge is 2.16. The maximum absolute atomic E-state index is 11.0. The molecule has 0 bridgehead atoms. The summed E-state index contributed by atoms with van der Waals surface area (Å²) in [6.45, 7) is 1.57. The number of carbonyl (C=O) groups is 1. The highest BCUT2D eigenvalue weighted by atomic mass is 35.5. The number of halogens is 1. The van der Waals surface area contributed by atoms with Crippen molar-refractivity contribution in [3.8, 4) is 0 Å². The van der Waals surface area contributed by atoms with Crippen LogP contribution in [0.5, 0.6) is 0 Å². The standard InChI is InChI=1S/C14H12ClN3O2/c1-8(16)12-10(15)7-11(14(19)20)18-13(12)17-9-5-3-2-4-6-9/h2-7,16H,1H3,(H,17,18)(H,19,20). The SMILES string of the molecule is CC(=N)c1c(Cl)cc(C(=O)O)nc1Nc1ccccc1. The van der Waals surface area contributed by atoms with Crippen LogP contribution in [0.25, 0.3) is 0 Å². The molecular weight excluding hydrogens is 278 g/mol. The van der Waals surface area contributed by atoms with E-state index >= 15 is 0 Å². The van der Waals surface area contributed by atoms with Gasteiger partial charge in [-0.25, -0.2) is 9.78 Å². The lowest BCUT2D eigenvalue weighted by atomic mass is 10.1. The number of aromatic nitrogens is 1. The second kappa shape index (κ2) is 5.71. The van der Waals surface area contributed by atoms with Crippen molar-refractivity contribution in [2.24, 2.45) is 0 Å². The van der Waals surface area contributed by atoms with Crippen LogP contribution in [0.1, 0.15) is 23.0 Å². The Hall–Kier alpha value is -2.40. The average molecular weight is 290 g/mol. The van der Waals surface area contributed by atoms with Crippen molar-refractivity contribution >= 4 is 34.8 Å². The molecule has 1 aromatic carbocycles. The third kappa shape index (κ3) is 2.95. The van der Waals surface area contributed by atoms with Crippen LogP contribution in [0.3, 0.4) is 0 Å². The Bertz CT molecular complexity index is 672. The number of carboxylic acids is 1. The number of aromatic carboxylic acids is 1. The van der Waals surface area contributed by atoms with E-state index in [-0.39, 0.29) is 22.2 Å². The number of nitrogens with one attached hydrogen (secondary N) is 2. The van der Waals surface area contributed by atoms with Crippen LogP contribution < -0.4 is 5.32 Å². The second-order valence-corrected chi connectivity index (χ2v) is 4.54. The summed E-state index contributed by atoms with van der Waals surface area (Å²) in [4.78, 5) is 15.1. The number of anilines is 2. The molecule has 0 aliphatic carbocycles. The fraction of sp³-hybridized carbons (Fsp3) is 0.0714. The Morgan fingerprint density at radius 1 is 1.35 bits per heavy atom. The topological polar surface area (TPSA) is 86.1 Å². The summed E-state index contributed by atoms with van der Waals surface area (Å²) in [5, 5.41) is 19.9. The van der Waals surface area contributed by atoms with E-state index in [1.165, 1.54) is 6.07 Å². The molecule has 5 nitrogen and oxygen atoms in total. The molecule has 0 unspecified atom stereocenters. The highest BCUT2D eigenvalue weighted by Crippen LogP contribution is 2.27. The Kier molecular flexibility index (Phi) is 4.00. The molecule has 1 heterocycles. The Morgan fingerprint density at radius 3 is 2.55 bits per heavy atom. The van der Waals surface area contributed by atoms with E-state index in [9.17, 15) is 4.79 Å². The molecule has 0 fully saturated rings. The van der Waals surface area contributed by atoms with Crippen LogP contribution in [0.4, 0.5) is 11.5 Å². The lowest BCUT2D eigenvalue weighted by molar-refractivity contribution is 0.0690. The zero-order valence-electron chi connectivity index (χ0n) is 10.6. The van der Waals surface area contributed by atoms with Crippen molar-refractivity contribution in [2.75, 3.05) is 5.32 Å². The van der Waals surface area contributed by atoms with E-state index in [1.54, 1.807) is 6.92 Å². The quantitative estimate of drug-likeness (QED) is 0.751. The van der Waals surface area contributed by atoms with Crippen LogP contribution >= 0.6 is 11.6 Å². The van der Waals surface area contributed by atoms with Crippen LogP contribution in [0.2, 0.25) is 5.02 Å². The van der Waals surface area contributed by atoms with Crippen molar-refractivity contribution in [3.63, 3.8) is 0 Å². The van der Waals surface area contributed by atoms with Crippen molar-refractivity contribution in [1.29, 1.82) is 5.41 Å². The minimum atomic E-state index is -1.17. The van der Waals surface area contributed by atoms with Gasteiger partial charge in [-0.15, -0.1) is 0 Å². The average Bonchev–Trinajstić information content (AvgIpc) is 2.38. The van der Waals surface area contributed by atoms with Crippen molar-refractivity contribution in [2.45, 2.75) is 6.92 Å². The Balaban J connectivity index is 2.53. The highest BCUT2D eigenvalue weighted by molar-refractivity contribution is 6.35. The molecule has 2 aromatic rings. The summed E-state index contributed by atoms with van der Waals surface area (Å²) in [5.41, 5.74) is 1.16. The van der Waals surface area contributed by atoms with E-state index < -0.39 is 5.97 Å². The molecule has 0 amide bonds. The summed E-state index contributed by atoms with van der Waals surface area (Å²) >= 11 is 6.06. The van der Waals surface area contributed by atoms with Gasteiger partial charge in [-0.3, -0.25) is 0 Å². The number of para-hydroxylation sites is 1. The first-order valence-electron chi connectivity index (χ1n) is 5.80. The monoisotopic (exact) mass is 289 g/mol. The summed E-state index contributed by atoms with van der Waals surface area (Å²) in [6.07, 6.45) is 0. The molecule has 0 saturated carbocycles. The lowest BCUT2D eigenvalue weighted by Gasteiger charge is -2.12. The number of benzene rings is 1. The Morgan fingerprint density at radius 2 is 2.00 bits per heavy atom. The van der Waals surface area contributed by atoms with Gasteiger partial charge in [-0.1, -0.05) is 29.8 Å². The molecule has 3 N–H and O–H groups in total. The Labute approximate surface area is 120 Å².